The summed E-state index contributed by atoms with van der Waals surface area (Å²) in [6, 6.07) is 8.99. The zero-order chi connectivity index (χ0) is 17.5. The number of esters is 1. The number of nitrogens with one attached hydrogen (secondary N) is 2. The lowest BCUT2D eigenvalue weighted by atomic mass is 10.1. The van der Waals surface area contributed by atoms with Gasteiger partial charge in [-0.3, -0.25) is 9.59 Å². The molecule has 1 amide bonds. The number of aromatic amines is 1. The van der Waals surface area contributed by atoms with Crippen LogP contribution in [0.3, 0.4) is 0 Å². The molecule has 1 aromatic heterocycles. The maximum Gasteiger partial charge on any atom is 0.333 e. The summed E-state index contributed by atoms with van der Waals surface area (Å²) in [5, 5.41) is 2.82. The Morgan fingerprint density at radius 2 is 2.08 bits per heavy atom. The lowest BCUT2D eigenvalue weighted by Crippen LogP contribution is -2.35. The van der Waals surface area contributed by atoms with Gasteiger partial charge in [-0.2, -0.15) is 0 Å². The van der Waals surface area contributed by atoms with E-state index in [0.717, 1.165) is 17.8 Å². The van der Waals surface area contributed by atoms with Gasteiger partial charge >= 0.3 is 5.97 Å². The number of nitrogens with two attached hydrogens (primary N) is 1. The van der Waals surface area contributed by atoms with Crippen molar-refractivity contribution in [3.63, 3.8) is 0 Å². The number of methoxy groups -OCH3 is 1. The zero-order valence-corrected chi connectivity index (χ0v) is 13.6. The minimum Gasteiger partial charge on any atom is -0.467 e. The number of rotatable bonds is 6. The van der Waals surface area contributed by atoms with E-state index < -0.39 is 23.5 Å². The fourth-order valence-electron chi connectivity index (χ4n) is 1.90. The summed E-state index contributed by atoms with van der Waals surface area (Å²) in [7, 11) is 1.25. The van der Waals surface area contributed by atoms with Crippen LogP contribution in [0.15, 0.2) is 46.3 Å². The first-order chi connectivity index (χ1) is 11.5. The number of H-pyrrole nitrogens is 1. The van der Waals surface area contributed by atoms with Crippen molar-refractivity contribution in [3.8, 4) is 0 Å². The normalized spacial score (nSPS) is 11.5. The Labute approximate surface area is 141 Å². The summed E-state index contributed by atoms with van der Waals surface area (Å²) in [4.78, 5) is 41.7. The van der Waals surface area contributed by atoms with Crippen LogP contribution in [0.25, 0.3) is 0 Å². The van der Waals surface area contributed by atoms with Crippen LogP contribution >= 0.6 is 11.8 Å². The monoisotopic (exact) mass is 348 g/mol. The molecular formula is C15H16N4O4S. The fourth-order valence-corrected chi connectivity index (χ4v) is 2.59. The third kappa shape index (κ3) is 4.85. The van der Waals surface area contributed by atoms with Gasteiger partial charge in [0.1, 0.15) is 5.82 Å². The molecule has 0 bridgehead atoms. The molecule has 24 heavy (non-hydrogen) atoms. The topological polar surface area (TPSA) is 127 Å². The first-order valence-electron chi connectivity index (χ1n) is 6.91. The van der Waals surface area contributed by atoms with Crippen molar-refractivity contribution < 1.29 is 14.3 Å². The van der Waals surface area contributed by atoms with E-state index in [1.165, 1.54) is 7.11 Å². The molecule has 0 saturated carbocycles. The number of nitrogens with zero attached hydrogens (tertiary/aromatic N) is 1. The van der Waals surface area contributed by atoms with Gasteiger partial charge in [0, 0.05) is 6.07 Å². The fraction of sp³-hybridized carbons (Fsp3) is 0.200. The Kier molecular flexibility index (Phi) is 5.96. The number of hydrogen-bond acceptors (Lipinski definition) is 7. The molecule has 1 atom stereocenters. The molecule has 1 aromatic carbocycles. The van der Waals surface area contributed by atoms with E-state index in [-0.39, 0.29) is 16.7 Å². The highest BCUT2D eigenvalue weighted by atomic mass is 32.2. The van der Waals surface area contributed by atoms with E-state index in [9.17, 15) is 14.4 Å². The molecule has 0 aliphatic heterocycles. The van der Waals surface area contributed by atoms with Gasteiger partial charge in [0.25, 0.3) is 5.56 Å². The second kappa shape index (κ2) is 8.16. The minimum absolute atomic E-state index is 0.0489. The highest BCUT2D eigenvalue weighted by Gasteiger charge is 2.23. The molecule has 0 aliphatic rings. The number of carbonyl (C=O) groups excluding carboxylic acids is 2. The van der Waals surface area contributed by atoms with Crippen LogP contribution in [0.1, 0.15) is 11.6 Å². The smallest absolute Gasteiger partial charge is 0.333 e. The standard InChI is InChI=1S/C15H16N4O4S/c1-23-14(22)13(9-5-3-2-4-6-9)18-12(21)8-24-15-17-10(16)7-11(20)19-15/h2-7,13H,8H2,1H3,(H,18,21)(H3,16,17,19,20)/t13-/m1/s1. The van der Waals surface area contributed by atoms with Crippen molar-refractivity contribution >= 4 is 29.5 Å². The van der Waals surface area contributed by atoms with Crippen molar-refractivity contribution in [1.82, 2.24) is 15.3 Å². The molecule has 0 unspecified atom stereocenters. The van der Waals surface area contributed by atoms with Gasteiger partial charge in [0.05, 0.1) is 12.9 Å². The van der Waals surface area contributed by atoms with Crippen LogP contribution in [-0.4, -0.2) is 34.7 Å². The maximum atomic E-state index is 12.1. The molecule has 4 N–H and O–H groups in total. The second-order valence-electron chi connectivity index (χ2n) is 4.70. The molecule has 9 heteroatoms. The summed E-state index contributed by atoms with van der Waals surface area (Å²) in [6.07, 6.45) is 0. The predicted molar refractivity (Wildman–Crippen MR) is 89.3 cm³/mol. The number of benzene rings is 1. The highest BCUT2D eigenvalue weighted by Crippen LogP contribution is 2.16. The Balaban J connectivity index is 2.03. The molecule has 1 heterocycles. The number of anilines is 1. The third-order valence-corrected chi connectivity index (χ3v) is 3.83. The van der Waals surface area contributed by atoms with Gasteiger partial charge in [-0.25, -0.2) is 9.78 Å². The zero-order valence-electron chi connectivity index (χ0n) is 12.8. The van der Waals surface area contributed by atoms with E-state index in [1.54, 1.807) is 30.3 Å². The van der Waals surface area contributed by atoms with Gasteiger partial charge in [-0.05, 0) is 5.56 Å². The van der Waals surface area contributed by atoms with E-state index in [0.29, 0.717) is 5.56 Å². The first kappa shape index (κ1) is 17.5. The number of carbonyl (C=O) groups is 2. The lowest BCUT2D eigenvalue weighted by Gasteiger charge is -2.16. The van der Waals surface area contributed by atoms with Crippen LogP contribution in [0.2, 0.25) is 0 Å². The largest absolute Gasteiger partial charge is 0.467 e. The molecule has 8 nitrogen and oxygen atoms in total. The van der Waals surface area contributed by atoms with Crippen LogP contribution in [-0.2, 0) is 14.3 Å². The number of nitrogen functional groups attached to an aromatic ring is 1. The average Bonchev–Trinajstić information content (AvgIpc) is 2.57. The molecule has 2 aromatic rings. The van der Waals surface area contributed by atoms with Crippen molar-refractivity contribution in [2.75, 3.05) is 18.6 Å². The van der Waals surface area contributed by atoms with Gasteiger partial charge in [-0.15, -0.1) is 0 Å². The number of aromatic nitrogens is 2. The summed E-state index contributed by atoms with van der Waals surface area (Å²) in [5.74, 6) is -0.968. The van der Waals surface area contributed by atoms with Crippen LogP contribution in [0, 0.1) is 0 Å². The van der Waals surface area contributed by atoms with E-state index in [2.05, 4.69) is 15.3 Å². The SMILES string of the molecule is COC(=O)[C@H](NC(=O)CSc1nc(N)cc(=O)[nH]1)c1ccccc1. The molecule has 126 valence electrons. The lowest BCUT2D eigenvalue weighted by molar-refractivity contribution is -0.145. The van der Waals surface area contributed by atoms with Gasteiger partial charge in [-0.1, -0.05) is 42.1 Å². The Hall–Kier alpha value is -2.81. The summed E-state index contributed by atoms with van der Waals surface area (Å²) in [5.41, 5.74) is 5.68. The Morgan fingerprint density at radius 1 is 1.38 bits per heavy atom. The number of amides is 1. The third-order valence-electron chi connectivity index (χ3n) is 2.95. The van der Waals surface area contributed by atoms with E-state index in [1.807, 2.05) is 0 Å². The average molecular weight is 348 g/mol. The van der Waals surface area contributed by atoms with Gasteiger partial charge in [0.15, 0.2) is 11.2 Å². The van der Waals surface area contributed by atoms with Crippen LogP contribution in [0.4, 0.5) is 5.82 Å². The molecule has 0 spiro atoms. The number of hydrogen-bond donors (Lipinski definition) is 3. The van der Waals surface area contributed by atoms with E-state index in [4.69, 9.17) is 10.5 Å². The quantitative estimate of drug-likeness (QED) is 0.393. The number of ether oxygens (including phenoxy) is 1. The molecule has 0 aliphatic carbocycles. The molecule has 0 fully saturated rings. The molecular weight excluding hydrogens is 332 g/mol. The van der Waals surface area contributed by atoms with Gasteiger partial charge < -0.3 is 20.8 Å². The Bertz CT molecular complexity index is 779. The van der Waals surface area contributed by atoms with Crippen molar-refractivity contribution in [2.24, 2.45) is 0 Å². The predicted octanol–water partition coefficient (Wildman–Crippen LogP) is 0.475. The molecule has 0 saturated heterocycles. The molecule has 0 radical (unpaired) electrons. The van der Waals surface area contributed by atoms with Crippen molar-refractivity contribution in [3.05, 3.63) is 52.3 Å². The highest BCUT2D eigenvalue weighted by molar-refractivity contribution is 7.99. The minimum atomic E-state index is -0.905. The Morgan fingerprint density at radius 3 is 2.71 bits per heavy atom. The summed E-state index contributed by atoms with van der Waals surface area (Å²) < 4.78 is 4.73. The number of thioether (sulfide) groups is 1. The summed E-state index contributed by atoms with van der Waals surface area (Å²) in [6.45, 7) is 0. The summed E-state index contributed by atoms with van der Waals surface area (Å²) >= 11 is 1.00. The molecule has 2 rings (SSSR count). The van der Waals surface area contributed by atoms with E-state index >= 15 is 0 Å². The van der Waals surface area contributed by atoms with Crippen molar-refractivity contribution in [2.45, 2.75) is 11.2 Å². The second-order valence-corrected chi connectivity index (χ2v) is 5.66. The van der Waals surface area contributed by atoms with Crippen molar-refractivity contribution in [1.29, 1.82) is 0 Å². The van der Waals surface area contributed by atoms with Gasteiger partial charge in [0.2, 0.25) is 5.91 Å². The van der Waals surface area contributed by atoms with Crippen LogP contribution in [0.5, 0.6) is 0 Å². The maximum absolute atomic E-state index is 12.1. The first-order valence-corrected chi connectivity index (χ1v) is 7.90. The van der Waals surface area contributed by atoms with Crippen LogP contribution < -0.4 is 16.6 Å².